The molecule has 1 aliphatic rings. The number of nitriles is 1. The Morgan fingerprint density at radius 2 is 1.95 bits per heavy atom. The van der Waals surface area contributed by atoms with Gasteiger partial charge in [-0.1, -0.05) is 0 Å². The second-order valence-electron chi connectivity index (χ2n) is 4.92. The van der Waals surface area contributed by atoms with E-state index in [0.29, 0.717) is 5.56 Å². The minimum atomic E-state index is 0.675. The molecule has 0 unspecified atom stereocenters. The third-order valence-electron chi connectivity index (χ3n) is 3.55. The normalized spacial score (nSPS) is 15.9. The van der Waals surface area contributed by atoms with Crippen LogP contribution in [-0.2, 0) is 6.67 Å². The second-order valence-corrected chi connectivity index (χ2v) is 4.92. The van der Waals surface area contributed by atoms with E-state index in [1.165, 1.54) is 0 Å². The minimum absolute atomic E-state index is 0.675. The summed E-state index contributed by atoms with van der Waals surface area (Å²) in [5.74, 6) is 0.952. The minimum Gasteiger partial charge on any atom is -0.317 e. The number of nitrogens with one attached hydrogen (secondary N) is 1. The van der Waals surface area contributed by atoms with Crippen molar-refractivity contribution in [3.05, 3.63) is 42.2 Å². The van der Waals surface area contributed by atoms with Gasteiger partial charge in [-0.3, -0.25) is 4.90 Å². The van der Waals surface area contributed by atoms with E-state index in [-0.39, 0.29) is 0 Å². The van der Waals surface area contributed by atoms with Crippen LogP contribution >= 0.6 is 0 Å². The smallest absolute Gasteiger partial charge is 0.140 e. The number of rotatable bonds is 3. The topological polar surface area (TPSA) is 56.9 Å². The molecule has 102 valence electrons. The first-order valence-electron chi connectivity index (χ1n) is 6.81. The fraction of sp³-hybridized carbons (Fsp3) is 0.333. The third kappa shape index (κ3) is 2.72. The molecule has 2 aromatic rings. The summed E-state index contributed by atoms with van der Waals surface area (Å²) in [6.07, 6.45) is 3.84. The molecule has 3 rings (SSSR count). The van der Waals surface area contributed by atoms with Crippen LogP contribution in [0.1, 0.15) is 5.56 Å². The molecular formula is C15H17N5. The second kappa shape index (κ2) is 5.87. The van der Waals surface area contributed by atoms with Gasteiger partial charge in [0.1, 0.15) is 5.82 Å². The van der Waals surface area contributed by atoms with E-state index >= 15 is 0 Å². The van der Waals surface area contributed by atoms with Gasteiger partial charge in [0.2, 0.25) is 0 Å². The van der Waals surface area contributed by atoms with Crippen LogP contribution in [0.4, 0.5) is 0 Å². The Labute approximate surface area is 118 Å². The van der Waals surface area contributed by atoms with Crippen molar-refractivity contribution >= 4 is 0 Å². The van der Waals surface area contributed by atoms with Crippen molar-refractivity contribution in [2.45, 2.75) is 6.67 Å². The summed E-state index contributed by atoms with van der Waals surface area (Å²) in [6.45, 7) is 5.06. The molecule has 1 fully saturated rings. The first kappa shape index (κ1) is 12.9. The zero-order valence-electron chi connectivity index (χ0n) is 11.3. The van der Waals surface area contributed by atoms with Gasteiger partial charge in [0.15, 0.2) is 0 Å². The quantitative estimate of drug-likeness (QED) is 0.910. The molecule has 2 heterocycles. The van der Waals surface area contributed by atoms with E-state index in [9.17, 15) is 0 Å². The third-order valence-corrected chi connectivity index (χ3v) is 3.55. The number of hydrogen-bond acceptors (Lipinski definition) is 4. The summed E-state index contributed by atoms with van der Waals surface area (Å²) in [6, 6.07) is 9.71. The largest absolute Gasteiger partial charge is 0.317 e. The molecule has 0 saturated carbocycles. The highest BCUT2D eigenvalue weighted by Gasteiger charge is 2.12. The van der Waals surface area contributed by atoms with Crippen molar-refractivity contribution in [3.8, 4) is 17.5 Å². The van der Waals surface area contributed by atoms with Gasteiger partial charge in [-0.05, 0) is 24.3 Å². The van der Waals surface area contributed by atoms with Crippen molar-refractivity contribution in [2.24, 2.45) is 0 Å². The summed E-state index contributed by atoms with van der Waals surface area (Å²) in [5, 5.41) is 12.2. The maximum absolute atomic E-state index is 8.85. The highest BCUT2D eigenvalue weighted by atomic mass is 15.3. The molecule has 0 bridgehead atoms. The van der Waals surface area contributed by atoms with Gasteiger partial charge in [0, 0.05) is 44.1 Å². The highest BCUT2D eigenvalue weighted by molar-refractivity contribution is 5.57. The van der Waals surface area contributed by atoms with Crippen LogP contribution in [0.15, 0.2) is 36.7 Å². The van der Waals surface area contributed by atoms with E-state index in [4.69, 9.17) is 5.26 Å². The SMILES string of the molecule is N#Cc1ccc(-c2nccn2CN2CCNCC2)cc1. The van der Waals surface area contributed by atoms with Crippen LogP contribution in [0.3, 0.4) is 0 Å². The van der Waals surface area contributed by atoms with Gasteiger partial charge in [0.25, 0.3) is 0 Å². The predicted molar refractivity (Wildman–Crippen MR) is 76.8 cm³/mol. The zero-order chi connectivity index (χ0) is 13.8. The van der Waals surface area contributed by atoms with E-state index in [1.807, 2.05) is 36.7 Å². The number of imidazole rings is 1. The Kier molecular flexibility index (Phi) is 3.77. The fourth-order valence-electron chi connectivity index (χ4n) is 2.45. The molecule has 1 saturated heterocycles. The first-order chi connectivity index (χ1) is 9.86. The van der Waals surface area contributed by atoms with Gasteiger partial charge in [-0.15, -0.1) is 0 Å². The molecule has 1 aliphatic heterocycles. The first-order valence-corrected chi connectivity index (χ1v) is 6.81. The molecule has 0 spiro atoms. The molecule has 0 atom stereocenters. The van der Waals surface area contributed by atoms with Crippen LogP contribution in [0.25, 0.3) is 11.4 Å². The van der Waals surface area contributed by atoms with E-state index in [0.717, 1.165) is 44.2 Å². The Balaban J connectivity index is 1.80. The molecule has 1 N–H and O–H groups in total. The van der Waals surface area contributed by atoms with Crippen molar-refractivity contribution < 1.29 is 0 Å². The zero-order valence-corrected chi connectivity index (χ0v) is 11.3. The number of nitrogens with zero attached hydrogens (tertiary/aromatic N) is 4. The van der Waals surface area contributed by atoms with Gasteiger partial charge in [-0.25, -0.2) is 4.98 Å². The molecular weight excluding hydrogens is 250 g/mol. The maximum Gasteiger partial charge on any atom is 0.140 e. The number of benzene rings is 1. The van der Waals surface area contributed by atoms with E-state index < -0.39 is 0 Å². The van der Waals surface area contributed by atoms with Crippen molar-refractivity contribution in [1.82, 2.24) is 19.8 Å². The number of hydrogen-bond donors (Lipinski definition) is 1. The fourth-order valence-corrected chi connectivity index (χ4v) is 2.45. The average molecular weight is 267 g/mol. The molecule has 1 aromatic heterocycles. The lowest BCUT2D eigenvalue weighted by molar-refractivity contribution is 0.194. The van der Waals surface area contributed by atoms with Gasteiger partial charge >= 0.3 is 0 Å². The Hall–Kier alpha value is -2.16. The molecule has 0 aliphatic carbocycles. The monoisotopic (exact) mass is 267 g/mol. The average Bonchev–Trinajstić information content (AvgIpc) is 2.96. The maximum atomic E-state index is 8.85. The predicted octanol–water partition coefficient (Wildman–Crippen LogP) is 1.28. The molecule has 20 heavy (non-hydrogen) atoms. The van der Waals surface area contributed by atoms with Crippen LogP contribution in [0.2, 0.25) is 0 Å². The highest BCUT2D eigenvalue weighted by Crippen LogP contribution is 2.18. The summed E-state index contributed by atoms with van der Waals surface area (Å²) in [7, 11) is 0. The van der Waals surface area contributed by atoms with Crippen LogP contribution < -0.4 is 5.32 Å². The van der Waals surface area contributed by atoms with Crippen LogP contribution in [-0.4, -0.2) is 40.6 Å². The van der Waals surface area contributed by atoms with Crippen molar-refractivity contribution in [1.29, 1.82) is 5.26 Å². The molecule has 5 nitrogen and oxygen atoms in total. The van der Waals surface area contributed by atoms with Crippen LogP contribution in [0, 0.1) is 11.3 Å². The standard InChI is InChI=1S/C15H17N5/c16-11-13-1-3-14(4-2-13)15-18-7-10-20(15)12-19-8-5-17-6-9-19/h1-4,7,10,17H,5-6,8-9,12H2. The van der Waals surface area contributed by atoms with Crippen LogP contribution in [0.5, 0.6) is 0 Å². The van der Waals surface area contributed by atoms with E-state index in [2.05, 4.69) is 25.8 Å². The van der Waals surface area contributed by atoms with Crippen molar-refractivity contribution in [3.63, 3.8) is 0 Å². The Morgan fingerprint density at radius 1 is 1.20 bits per heavy atom. The van der Waals surface area contributed by atoms with Crippen molar-refractivity contribution in [2.75, 3.05) is 26.2 Å². The Morgan fingerprint density at radius 3 is 2.65 bits per heavy atom. The summed E-state index contributed by atoms with van der Waals surface area (Å²) >= 11 is 0. The summed E-state index contributed by atoms with van der Waals surface area (Å²) < 4.78 is 2.16. The summed E-state index contributed by atoms with van der Waals surface area (Å²) in [5.41, 5.74) is 1.72. The Bertz CT molecular complexity index is 602. The lowest BCUT2D eigenvalue weighted by atomic mass is 10.1. The molecule has 0 radical (unpaired) electrons. The summed E-state index contributed by atoms with van der Waals surface area (Å²) in [4.78, 5) is 6.85. The number of aromatic nitrogens is 2. The molecule has 0 amide bonds. The van der Waals surface area contributed by atoms with Gasteiger partial charge in [-0.2, -0.15) is 5.26 Å². The lowest BCUT2D eigenvalue weighted by Gasteiger charge is -2.27. The van der Waals surface area contributed by atoms with E-state index in [1.54, 1.807) is 0 Å². The number of piperazine rings is 1. The van der Waals surface area contributed by atoms with Gasteiger partial charge < -0.3 is 9.88 Å². The lowest BCUT2D eigenvalue weighted by Crippen LogP contribution is -2.44. The molecule has 5 heteroatoms. The molecule has 1 aromatic carbocycles. The van der Waals surface area contributed by atoms with Gasteiger partial charge in [0.05, 0.1) is 18.3 Å².